The van der Waals surface area contributed by atoms with Crippen LogP contribution in [0.2, 0.25) is 0 Å². The van der Waals surface area contributed by atoms with Crippen LogP contribution in [0.25, 0.3) is 11.3 Å². The molecule has 35 heavy (non-hydrogen) atoms. The number of rotatable bonds is 7. The molecular formula is C24H28F3N3O4S. The maximum absolute atomic E-state index is 14.8. The second kappa shape index (κ2) is 8.53. The van der Waals surface area contributed by atoms with Gasteiger partial charge in [-0.25, -0.2) is 12.8 Å². The number of nitrogens with one attached hydrogen (secondary N) is 1. The molecule has 7 nitrogen and oxygen atoms in total. The van der Waals surface area contributed by atoms with Gasteiger partial charge < -0.3 is 10.1 Å². The molecule has 1 aliphatic heterocycles. The van der Waals surface area contributed by atoms with Gasteiger partial charge in [0.1, 0.15) is 11.6 Å². The Labute approximate surface area is 201 Å². The summed E-state index contributed by atoms with van der Waals surface area (Å²) in [7, 11) is -3.10. The van der Waals surface area contributed by atoms with E-state index in [1.54, 1.807) is 6.92 Å². The van der Waals surface area contributed by atoms with Gasteiger partial charge in [-0.15, -0.1) is 0 Å². The van der Waals surface area contributed by atoms with Crippen LogP contribution in [0.15, 0.2) is 18.2 Å². The molecule has 0 radical (unpaired) electrons. The van der Waals surface area contributed by atoms with Gasteiger partial charge in [-0.3, -0.25) is 9.48 Å². The second-order valence-corrected chi connectivity index (χ2v) is 12.4. The normalized spacial score (nSPS) is 23.3. The first-order chi connectivity index (χ1) is 16.4. The molecular weight excluding hydrogens is 483 g/mol. The Bertz CT molecular complexity index is 1260. The lowest BCUT2D eigenvalue weighted by molar-refractivity contribution is -0.126. The number of carbonyl (C=O) groups excluding carboxylic acids is 1. The number of amides is 1. The highest BCUT2D eigenvalue weighted by Gasteiger charge is 2.47. The Morgan fingerprint density at radius 2 is 1.97 bits per heavy atom. The summed E-state index contributed by atoms with van der Waals surface area (Å²) in [6, 6.07) is 3.54. The van der Waals surface area contributed by atoms with Gasteiger partial charge >= 0.3 is 6.61 Å². The monoisotopic (exact) mass is 511 g/mol. The molecule has 0 spiro atoms. The Balaban J connectivity index is 1.46. The zero-order valence-electron chi connectivity index (χ0n) is 19.6. The molecule has 1 N–H and O–H groups in total. The van der Waals surface area contributed by atoms with E-state index < -0.39 is 27.8 Å². The molecule has 190 valence electrons. The number of fused-ring (bicyclic) bond motifs is 1. The van der Waals surface area contributed by atoms with E-state index >= 15 is 0 Å². The summed E-state index contributed by atoms with van der Waals surface area (Å²) in [5.74, 6) is -0.986. The number of alkyl halides is 2. The number of aromatic nitrogens is 2. The molecule has 1 saturated heterocycles. The standard InChI is InChI=1S/C24H28F3N3O4S/c1-13(14-3-4-14)30-20-9-15(22(31)28-24(2)11-35(32,33)12-24)5-7-17(20)21(29-30)18-10-16(34-23(26)27)6-8-19(18)25/h6,8,10,13-15,23H,3-5,7,9,11-12H2,1-2H3,(H,28,31)/t13-,15+/m0/s1. The molecule has 1 aromatic carbocycles. The summed E-state index contributed by atoms with van der Waals surface area (Å²) in [5, 5.41) is 7.65. The topological polar surface area (TPSA) is 90.3 Å². The van der Waals surface area contributed by atoms with E-state index in [9.17, 15) is 26.4 Å². The van der Waals surface area contributed by atoms with Crippen LogP contribution in [0.5, 0.6) is 5.75 Å². The van der Waals surface area contributed by atoms with E-state index in [4.69, 9.17) is 5.10 Å². The van der Waals surface area contributed by atoms with Crippen LogP contribution in [-0.2, 0) is 27.5 Å². The van der Waals surface area contributed by atoms with Crippen LogP contribution >= 0.6 is 0 Å². The first-order valence-electron chi connectivity index (χ1n) is 11.8. The van der Waals surface area contributed by atoms with Crippen molar-refractivity contribution in [3.63, 3.8) is 0 Å². The maximum Gasteiger partial charge on any atom is 0.387 e. The number of carbonyl (C=O) groups is 1. The Morgan fingerprint density at radius 1 is 1.26 bits per heavy atom. The van der Waals surface area contributed by atoms with Crippen molar-refractivity contribution >= 4 is 15.7 Å². The van der Waals surface area contributed by atoms with Gasteiger partial charge in [-0.05, 0) is 63.6 Å². The Hall–Kier alpha value is -2.56. The molecule has 2 atom stereocenters. The first kappa shape index (κ1) is 24.1. The number of hydrogen-bond donors (Lipinski definition) is 1. The molecule has 1 amide bonds. The predicted molar refractivity (Wildman–Crippen MR) is 122 cm³/mol. The fourth-order valence-electron chi connectivity index (χ4n) is 5.45. The molecule has 1 aromatic heterocycles. The highest BCUT2D eigenvalue weighted by Crippen LogP contribution is 2.43. The highest BCUT2D eigenvalue weighted by atomic mass is 32.2. The number of benzene rings is 1. The number of sulfone groups is 1. The number of halogens is 3. The van der Waals surface area contributed by atoms with Crippen molar-refractivity contribution < 1.29 is 31.1 Å². The largest absolute Gasteiger partial charge is 0.435 e. The minimum absolute atomic E-state index is 0.0529. The van der Waals surface area contributed by atoms with E-state index in [0.717, 1.165) is 36.2 Å². The van der Waals surface area contributed by atoms with Crippen molar-refractivity contribution in [3.05, 3.63) is 35.3 Å². The Kier molecular flexibility index (Phi) is 5.89. The fraction of sp³-hybridized carbons (Fsp3) is 0.583. The van der Waals surface area contributed by atoms with Crippen LogP contribution in [0, 0.1) is 17.7 Å². The average molecular weight is 512 g/mol. The second-order valence-electron chi connectivity index (χ2n) is 10.3. The number of ether oxygens (including phenoxy) is 1. The molecule has 2 fully saturated rings. The van der Waals surface area contributed by atoms with Crippen molar-refractivity contribution in [1.29, 1.82) is 0 Å². The van der Waals surface area contributed by atoms with Gasteiger partial charge in [0.05, 0.1) is 28.8 Å². The smallest absolute Gasteiger partial charge is 0.387 e. The highest BCUT2D eigenvalue weighted by molar-refractivity contribution is 7.93. The van der Waals surface area contributed by atoms with E-state index in [-0.39, 0.29) is 40.7 Å². The zero-order valence-corrected chi connectivity index (χ0v) is 20.4. The van der Waals surface area contributed by atoms with Crippen molar-refractivity contribution in [3.8, 4) is 17.0 Å². The lowest BCUT2D eigenvalue weighted by Gasteiger charge is -2.39. The van der Waals surface area contributed by atoms with E-state index in [1.165, 1.54) is 6.07 Å². The lowest BCUT2D eigenvalue weighted by atomic mass is 9.84. The maximum atomic E-state index is 14.8. The number of nitrogens with zero attached hydrogens (tertiary/aromatic N) is 2. The molecule has 5 rings (SSSR count). The third-order valence-corrected chi connectivity index (χ3v) is 9.44. The zero-order chi connectivity index (χ0) is 25.1. The van der Waals surface area contributed by atoms with Gasteiger partial charge in [0, 0.05) is 29.2 Å². The number of hydrogen-bond acceptors (Lipinski definition) is 5. The molecule has 11 heteroatoms. The van der Waals surface area contributed by atoms with E-state index in [0.29, 0.717) is 30.9 Å². The minimum Gasteiger partial charge on any atom is -0.435 e. The van der Waals surface area contributed by atoms with Crippen LogP contribution in [0.4, 0.5) is 13.2 Å². The van der Waals surface area contributed by atoms with Gasteiger partial charge in [-0.2, -0.15) is 13.9 Å². The van der Waals surface area contributed by atoms with Crippen molar-refractivity contribution in [2.45, 2.75) is 64.1 Å². The van der Waals surface area contributed by atoms with Gasteiger partial charge in [0.25, 0.3) is 0 Å². The van der Waals surface area contributed by atoms with Gasteiger partial charge in [-0.1, -0.05) is 0 Å². The average Bonchev–Trinajstić information content (AvgIpc) is 3.53. The summed E-state index contributed by atoms with van der Waals surface area (Å²) in [6.07, 6.45) is 3.48. The molecule has 2 heterocycles. The fourth-order valence-corrected chi connectivity index (χ4v) is 7.46. The summed E-state index contributed by atoms with van der Waals surface area (Å²) in [4.78, 5) is 13.0. The molecule has 2 aromatic rings. The third kappa shape index (κ3) is 4.79. The molecule has 0 bridgehead atoms. The summed E-state index contributed by atoms with van der Waals surface area (Å²) >= 11 is 0. The van der Waals surface area contributed by atoms with Gasteiger partial charge in [0.15, 0.2) is 9.84 Å². The molecule has 2 aliphatic carbocycles. The summed E-state index contributed by atoms with van der Waals surface area (Å²) in [6.45, 7) is 0.752. The molecule has 1 saturated carbocycles. The summed E-state index contributed by atoms with van der Waals surface area (Å²) in [5.41, 5.74) is 1.39. The van der Waals surface area contributed by atoms with Crippen LogP contribution < -0.4 is 10.1 Å². The van der Waals surface area contributed by atoms with Crippen molar-refractivity contribution in [1.82, 2.24) is 15.1 Å². The Morgan fingerprint density at radius 3 is 2.60 bits per heavy atom. The molecule has 0 unspecified atom stereocenters. The third-order valence-electron chi connectivity index (χ3n) is 7.28. The quantitative estimate of drug-likeness (QED) is 0.613. The van der Waals surface area contributed by atoms with Crippen LogP contribution in [-0.4, -0.2) is 47.8 Å². The van der Waals surface area contributed by atoms with Gasteiger partial charge in [0.2, 0.25) is 5.91 Å². The van der Waals surface area contributed by atoms with Crippen molar-refractivity contribution in [2.24, 2.45) is 11.8 Å². The first-order valence-corrected chi connectivity index (χ1v) is 13.6. The summed E-state index contributed by atoms with van der Waals surface area (Å²) < 4.78 is 69.9. The lowest BCUT2D eigenvalue weighted by Crippen LogP contribution is -2.64. The molecule has 3 aliphatic rings. The SMILES string of the molecule is C[C@@H](C1CC1)n1nc(-c2cc(OC(F)F)ccc2F)c2c1C[C@H](C(=O)NC1(C)CS(=O)(=O)C1)CC2. The minimum atomic E-state index is -3.10. The predicted octanol–water partition coefficient (Wildman–Crippen LogP) is 3.67. The van der Waals surface area contributed by atoms with E-state index in [2.05, 4.69) is 10.1 Å². The van der Waals surface area contributed by atoms with Crippen molar-refractivity contribution in [2.75, 3.05) is 11.5 Å². The van der Waals surface area contributed by atoms with Crippen LogP contribution in [0.1, 0.15) is 50.4 Å². The van der Waals surface area contributed by atoms with Crippen LogP contribution in [0.3, 0.4) is 0 Å². The van der Waals surface area contributed by atoms with E-state index in [1.807, 2.05) is 11.6 Å².